The number of hydrogen-bond acceptors (Lipinski definition) is 5. The minimum Gasteiger partial charge on any atom is -0.493 e. The third-order valence-corrected chi connectivity index (χ3v) is 6.54. The Hall–Kier alpha value is -3.31. The Labute approximate surface area is 162 Å². The van der Waals surface area contributed by atoms with Crippen LogP contribution in [0.3, 0.4) is 0 Å². The maximum atomic E-state index is 12.7. The zero-order valence-electron chi connectivity index (χ0n) is 14.7. The molecule has 0 bridgehead atoms. The second-order valence-electron chi connectivity index (χ2n) is 6.43. The molecule has 4 rings (SSSR count). The molecule has 2 aliphatic rings. The molecule has 2 amide bonds. The highest BCUT2D eigenvalue weighted by Gasteiger charge is 2.41. The van der Waals surface area contributed by atoms with Crippen molar-refractivity contribution in [3.63, 3.8) is 0 Å². The van der Waals surface area contributed by atoms with Crippen molar-refractivity contribution in [1.82, 2.24) is 9.62 Å². The molecule has 2 heterocycles. The third-order valence-electron chi connectivity index (χ3n) is 4.77. The van der Waals surface area contributed by atoms with Crippen molar-refractivity contribution in [2.45, 2.75) is 17.4 Å². The van der Waals surface area contributed by atoms with Crippen LogP contribution >= 0.6 is 0 Å². The normalized spacial score (nSPS) is 19.2. The zero-order valence-corrected chi connectivity index (χ0v) is 15.5. The minimum absolute atomic E-state index is 0.0169. The van der Waals surface area contributed by atoms with Gasteiger partial charge in [-0.3, -0.25) is 9.59 Å². The lowest BCUT2D eigenvalue weighted by Crippen LogP contribution is -2.32. The van der Waals surface area contributed by atoms with Crippen LogP contribution in [0.25, 0.3) is 0 Å². The van der Waals surface area contributed by atoms with Crippen LogP contribution in [0.2, 0.25) is 0 Å². The first kappa shape index (κ1) is 18.1. The smallest absolute Gasteiger partial charge is 0.269 e. The largest absolute Gasteiger partial charge is 0.493 e. The van der Waals surface area contributed by atoms with Crippen LogP contribution in [0.4, 0.5) is 0 Å². The standard InChI is InChI=1S/C20H16N2O5S/c1-2-10-22-20(24)15-8-7-13(12-18(15)28(22,25)26)19(23)21-16-9-11-27-17-6-4-3-5-14(16)17/h1,3-8,12,16H,9-11H2,(H,21,23). The Morgan fingerprint density at radius 3 is 2.86 bits per heavy atom. The predicted molar refractivity (Wildman–Crippen MR) is 100 cm³/mol. The summed E-state index contributed by atoms with van der Waals surface area (Å²) >= 11 is 0. The second-order valence-corrected chi connectivity index (χ2v) is 8.26. The van der Waals surface area contributed by atoms with Gasteiger partial charge in [-0.15, -0.1) is 6.42 Å². The Morgan fingerprint density at radius 2 is 2.07 bits per heavy atom. The van der Waals surface area contributed by atoms with Crippen LogP contribution in [-0.2, 0) is 10.0 Å². The van der Waals surface area contributed by atoms with E-state index in [2.05, 4.69) is 11.2 Å². The Balaban J connectivity index is 1.63. The van der Waals surface area contributed by atoms with E-state index in [0.717, 1.165) is 5.56 Å². The van der Waals surface area contributed by atoms with Gasteiger partial charge in [0.25, 0.3) is 21.8 Å². The van der Waals surface area contributed by atoms with Crippen molar-refractivity contribution < 1.29 is 22.7 Å². The fourth-order valence-corrected chi connectivity index (χ4v) is 4.90. The van der Waals surface area contributed by atoms with Crippen LogP contribution in [-0.4, -0.2) is 37.7 Å². The quantitative estimate of drug-likeness (QED) is 0.798. The topological polar surface area (TPSA) is 92.8 Å². The summed E-state index contributed by atoms with van der Waals surface area (Å²) < 4.78 is 31.4. The summed E-state index contributed by atoms with van der Waals surface area (Å²) in [6.07, 6.45) is 5.76. The average Bonchev–Trinajstić information content (AvgIpc) is 2.89. The predicted octanol–water partition coefficient (Wildman–Crippen LogP) is 1.72. The van der Waals surface area contributed by atoms with E-state index in [1.165, 1.54) is 18.2 Å². The van der Waals surface area contributed by atoms with E-state index in [-0.39, 0.29) is 28.6 Å². The average molecular weight is 396 g/mol. The number of rotatable bonds is 3. The minimum atomic E-state index is -4.05. The molecule has 0 aromatic heterocycles. The van der Waals surface area contributed by atoms with Gasteiger partial charge in [-0.2, -0.15) is 0 Å². The number of fused-ring (bicyclic) bond motifs is 2. The fourth-order valence-electron chi connectivity index (χ4n) is 3.39. The Kier molecular flexibility index (Phi) is 4.32. The first-order valence-corrected chi connectivity index (χ1v) is 10.0. The van der Waals surface area contributed by atoms with Gasteiger partial charge in [0.2, 0.25) is 0 Å². The number of sulfonamides is 1. The van der Waals surface area contributed by atoms with Crippen LogP contribution in [0.5, 0.6) is 5.75 Å². The molecular formula is C20H16N2O5S. The van der Waals surface area contributed by atoms with Crippen LogP contribution in [0.15, 0.2) is 47.4 Å². The maximum absolute atomic E-state index is 12.7. The zero-order chi connectivity index (χ0) is 19.9. The molecule has 28 heavy (non-hydrogen) atoms. The number of carbonyl (C=O) groups is 2. The van der Waals surface area contributed by atoms with Gasteiger partial charge in [-0.05, 0) is 24.3 Å². The lowest BCUT2D eigenvalue weighted by molar-refractivity contribution is 0.0879. The van der Waals surface area contributed by atoms with Crippen molar-refractivity contribution in [2.24, 2.45) is 0 Å². The maximum Gasteiger partial charge on any atom is 0.269 e. The van der Waals surface area contributed by atoms with Crippen LogP contribution in [0, 0.1) is 12.3 Å². The summed E-state index contributed by atoms with van der Waals surface area (Å²) in [6.45, 7) is 0.117. The highest BCUT2D eigenvalue weighted by atomic mass is 32.2. The molecule has 7 nitrogen and oxygen atoms in total. The molecule has 0 fully saturated rings. The Morgan fingerprint density at radius 1 is 1.29 bits per heavy atom. The van der Waals surface area contributed by atoms with Gasteiger partial charge >= 0.3 is 0 Å². The molecule has 8 heteroatoms. The molecule has 0 aliphatic carbocycles. The summed E-state index contributed by atoms with van der Waals surface area (Å²) in [5.74, 6) is 1.77. The number of amides is 2. The van der Waals surface area contributed by atoms with E-state index >= 15 is 0 Å². The molecule has 0 spiro atoms. The van der Waals surface area contributed by atoms with Crippen molar-refractivity contribution in [2.75, 3.05) is 13.2 Å². The van der Waals surface area contributed by atoms with Gasteiger partial charge in [0, 0.05) is 17.5 Å². The molecule has 0 saturated carbocycles. The van der Waals surface area contributed by atoms with Gasteiger partial charge < -0.3 is 10.1 Å². The summed E-state index contributed by atoms with van der Waals surface area (Å²) in [6, 6.07) is 11.2. The molecule has 2 aliphatic heterocycles. The molecule has 1 N–H and O–H groups in total. The number of ether oxygens (including phenoxy) is 1. The lowest BCUT2D eigenvalue weighted by atomic mass is 10.00. The molecule has 0 saturated heterocycles. The van der Waals surface area contributed by atoms with Gasteiger partial charge in [0.1, 0.15) is 10.6 Å². The molecule has 2 aromatic carbocycles. The number of nitrogens with zero attached hydrogens (tertiary/aromatic N) is 1. The number of terminal acetylenes is 1. The van der Waals surface area contributed by atoms with Crippen LogP contribution < -0.4 is 10.1 Å². The van der Waals surface area contributed by atoms with E-state index in [4.69, 9.17) is 11.2 Å². The molecule has 0 radical (unpaired) electrons. The van der Waals surface area contributed by atoms with Gasteiger partial charge in [0.15, 0.2) is 0 Å². The summed E-state index contributed by atoms with van der Waals surface area (Å²) in [7, 11) is -4.05. The molecular weight excluding hydrogens is 380 g/mol. The molecule has 142 valence electrons. The number of hydrogen-bond donors (Lipinski definition) is 1. The highest BCUT2D eigenvalue weighted by Crippen LogP contribution is 2.33. The van der Waals surface area contributed by atoms with Gasteiger partial charge in [-0.25, -0.2) is 12.7 Å². The van der Waals surface area contributed by atoms with Gasteiger partial charge in [-0.1, -0.05) is 24.1 Å². The molecule has 2 aromatic rings. The number of benzene rings is 2. The van der Waals surface area contributed by atoms with E-state index < -0.39 is 21.8 Å². The highest BCUT2D eigenvalue weighted by molar-refractivity contribution is 7.90. The number of nitrogens with one attached hydrogen (secondary N) is 1. The van der Waals surface area contributed by atoms with E-state index in [9.17, 15) is 18.0 Å². The molecule has 1 unspecified atom stereocenters. The van der Waals surface area contributed by atoms with Crippen molar-refractivity contribution >= 4 is 21.8 Å². The Bertz CT molecular complexity index is 1130. The SMILES string of the molecule is C#CCN1C(=O)c2ccc(C(=O)NC3CCOc4ccccc43)cc2S1(=O)=O. The summed E-state index contributed by atoms with van der Waals surface area (Å²) in [5.41, 5.74) is 1.04. The fraction of sp³-hybridized carbons (Fsp3) is 0.200. The van der Waals surface area contributed by atoms with Crippen molar-refractivity contribution in [3.05, 3.63) is 59.2 Å². The summed E-state index contributed by atoms with van der Waals surface area (Å²) in [5, 5.41) is 2.91. The van der Waals surface area contributed by atoms with E-state index in [1.807, 2.05) is 24.3 Å². The summed E-state index contributed by atoms with van der Waals surface area (Å²) in [4.78, 5) is 24.8. The lowest BCUT2D eigenvalue weighted by Gasteiger charge is -2.26. The number of carbonyl (C=O) groups excluding carboxylic acids is 2. The molecule has 1 atom stereocenters. The first-order chi connectivity index (χ1) is 13.4. The number of para-hydroxylation sites is 1. The van der Waals surface area contributed by atoms with E-state index in [0.29, 0.717) is 23.1 Å². The monoisotopic (exact) mass is 396 g/mol. The van der Waals surface area contributed by atoms with E-state index in [1.54, 1.807) is 0 Å². The third kappa shape index (κ3) is 2.80. The van der Waals surface area contributed by atoms with Crippen molar-refractivity contribution in [3.8, 4) is 18.1 Å². The second kappa shape index (κ2) is 6.69. The van der Waals surface area contributed by atoms with Crippen molar-refractivity contribution in [1.29, 1.82) is 0 Å². The first-order valence-electron chi connectivity index (χ1n) is 8.60. The van der Waals surface area contributed by atoms with Gasteiger partial charge in [0.05, 0.1) is 24.8 Å². The van der Waals surface area contributed by atoms with Crippen LogP contribution in [0.1, 0.15) is 38.7 Å².